The maximum Gasteiger partial charge on any atom is 0.220 e. The van der Waals surface area contributed by atoms with E-state index in [2.05, 4.69) is 103 Å². The van der Waals surface area contributed by atoms with Gasteiger partial charge in [0.05, 0.1) is 14.3 Å². The summed E-state index contributed by atoms with van der Waals surface area (Å²) in [6, 6.07) is 2.47. The zero-order valence-electron chi connectivity index (χ0n) is 30.8. The Morgan fingerprint density at radius 1 is 1.00 bits per heavy atom. The third kappa shape index (κ3) is 8.16. The number of hydrogen-bond acceptors (Lipinski definition) is 2. The molecule has 0 aromatic heterocycles. The Morgan fingerprint density at radius 3 is 2.13 bits per heavy atom. The molecule has 45 heavy (non-hydrogen) atoms. The fourth-order valence-electron chi connectivity index (χ4n) is 9.62. The monoisotopic (exact) mass is 639 g/mol. The lowest BCUT2D eigenvalue weighted by molar-refractivity contribution is -0.125. The Balaban J connectivity index is 3.14. The Morgan fingerprint density at radius 2 is 1.64 bits per heavy atom. The molecule has 2 rings (SSSR count). The van der Waals surface area contributed by atoms with Crippen LogP contribution in [0.4, 0.5) is 0 Å². The number of hydrogen-bond donors (Lipinski definition) is 2. The zero-order valence-corrected chi connectivity index (χ0v) is 32.0. The van der Waals surface area contributed by atoms with Crippen molar-refractivity contribution in [3.05, 3.63) is 47.2 Å². The Labute approximate surface area is 280 Å². The van der Waals surface area contributed by atoms with Crippen molar-refractivity contribution in [2.75, 3.05) is 0 Å². The van der Waals surface area contributed by atoms with Crippen molar-refractivity contribution >= 4 is 21.1 Å². The topological polar surface area (TPSA) is 58.2 Å². The summed E-state index contributed by atoms with van der Waals surface area (Å²) in [5.41, 5.74) is 3.00. The molecule has 0 aromatic rings. The fraction of sp³-hybridized carbons (Fsp3) is 0.750. The van der Waals surface area contributed by atoms with E-state index >= 15 is 0 Å². The second kappa shape index (κ2) is 19.1. The second-order valence-electron chi connectivity index (χ2n) is 14.4. The molecule has 0 spiro atoms. The van der Waals surface area contributed by atoms with Crippen LogP contribution in [0.2, 0.25) is 17.1 Å². The summed E-state index contributed by atoms with van der Waals surface area (Å²) in [7, 11) is -1.75. The Bertz CT molecular complexity index is 1050. The lowest BCUT2D eigenvalue weighted by Crippen LogP contribution is -2.70. The average Bonchev–Trinajstić information content (AvgIpc) is 3.68. The highest BCUT2D eigenvalue weighted by Crippen LogP contribution is 2.66. The van der Waals surface area contributed by atoms with Crippen LogP contribution in [0.3, 0.4) is 0 Å². The number of allylic oxidation sites excluding steroid dienone is 5. The summed E-state index contributed by atoms with van der Waals surface area (Å²) in [5, 5.41) is 7.02. The highest BCUT2D eigenvalue weighted by molar-refractivity contribution is 6.64. The number of unbranched alkanes of at least 4 members (excludes halogenated alkanes) is 6. The van der Waals surface area contributed by atoms with E-state index in [1.165, 1.54) is 74.6 Å². The largest absolute Gasteiger partial charge is 0.349 e. The molecular formula is C40H70N2O2Si. The van der Waals surface area contributed by atoms with Gasteiger partial charge in [0.25, 0.3) is 0 Å². The summed E-state index contributed by atoms with van der Waals surface area (Å²) in [5.74, 6) is 0.682. The van der Waals surface area contributed by atoms with Crippen LogP contribution in [0.15, 0.2) is 47.2 Å². The molecule has 256 valence electrons. The molecule has 2 amide bonds. The van der Waals surface area contributed by atoms with Crippen molar-refractivity contribution in [3.8, 4) is 0 Å². The molecule has 0 aliphatic heterocycles. The SMILES string of the molecule is CCCCCC[SiH](CCCCCC)C(/C(NC=O)=C1/CC=CC1CC)(C(C)C)C(C)(NC(=O)CCC)C1(CC)C=CC=C1CC. The first-order chi connectivity index (χ1) is 21.6. The van der Waals surface area contributed by atoms with E-state index in [0.717, 1.165) is 44.2 Å². The minimum absolute atomic E-state index is 0.144. The van der Waals surface area contributed by atoms with E-state index in [9.17, 15) is 9.59 Å². The van der Waals surface area contributed by atoms with Gasteiger partial charge < -0.3 is 10.6 Å². The molecule has 0 heterocycles. The van der Waals surface area contributed by atoms with Crippen LogP contribution < -0.4 is 10.6 Å². The van der Waals surface area contributed by atoms with Crippen LogP contribution in [0.5, 0.6) is 0 Å². The highest BCUT2D eigenvalue weighted by atomic mass is 28.3. The molecule has 0 saturated carbocycles. The van der Waals surface area contributed by atoms with E-state index in [4.69, 9.17) is 0 Å². The van der Waals surface area contributed by atoms with Crippen LogP contribution in [-0.4, -0.2) is 26.7 Å². The first-order valence-electron chi connectivity index (χ1n) is 18.9. The summed E-state index contributed by atoms with van der Waals surface area (Å²) < 4.78 is 0. The van der Waals surface area contributed by atoms with Gasteiger partial charge in [-0.3, -0.25) is 9.59 Å². The van der Waals surface area contributed by atoms with Gasteiger partial charge >= 0.3 is 0 Å². The minimum Gasteiger partial charge on any atom is -0.349 e. The smallest absolute Gasteiger partial charge is 0.220 e. The molecule has 4 unspecified atom stereocenters. The Kier molecular flexibility index (Phi) is 16.6. The van der Waals surface area contributed by atoms with Crippen molar-refractivity contribution in [2.24, 2.45) is 17.3 Å². The molecule has 4 nitrogen and oxygen atoms in total. The molecule has 4 atom stereocenters. The molecule has 5 heteroatoms. The van der Waals surface area contributed by atoms with Gasteiger partial charge in [-0.05, 0) is 56.4 Å². The van der Waals surface area contributed by atoms with Crippen molar-refractivity contribution in [1.82, 2.24) is 10.6 Å². The van der Waals surface area contributed by atoms with Gasteiger partial charge in [0.2, 0.25) is 12.3 Å². The zero-order chi connectivity index (χ0) is 33.5. The molecule has 0 saturated heterocycles. The van der Waals surface area contributed by atoms with Gasteiger partial charge in [0.15, 0.2) is 0 Å². The molecule has 0 fully saturated rings. The van der Waals surface area contributed by atoms with Crippen molar-refractivity contribution in [3.63, 3.8) is 0 Å². The van der Waals surface area contributed by atoms with Crippen molar-refractivity contribution in [1.29, 1.82) is 0 Å². The third-order valence-electron chi connectivity index (χ3n) is 11.7. The molecule has 0 bridgehead atoms. The normalized spacial score (nSPS) is 23.3. The number of amides is 2. The molecular weight excluding hydrogens is 569 g/mol. The van der Waals surface area contributed by atoms with Gasteiger partial charge in [-0.15, -0.1) is 0 Å². The number of carbonyl (C=O) groups excluding carboxylic acids is 2. The van der Waals surface area contributed by atoms with E-state index < -0.39 is 14.3 Å². The van der Waals surface area contributed by atoms with Crippen LogP contribution in [-0.2, 0) is 9.59 Å². The standard InChI is InChI=1S/C40H70N2O2Si/c1-10-16-18-20-29-45(30-21-19-17-11-2)40(32(7)8,37(41-31-43)35-27-22-25-33(35)13-4)38(9,42-36(44)24-12-3)39(15-6)28-23-26-34(39)14-5/h22-23,25-26,28,31-33,45H,10-21,24,27,29-30H2,1-9H3,(H,41,43)(H,42,44)/b37-35+. The lowest BCUT2D eigenvalue weighted by Gasteiger charge is -2.64. The predicted molar refractivity (Wildman–Crippen MR) is 198 cm³/mol. The fourth-order valence-corrected chi connectivity index (χ4v) is 15.2. The first kappa shape index (κ1) is 39.3. The molecule has 2 aliphatic rings. The van der Waals surface area contributed by atoms with Gasteiger partial charge in [-0.2, -0.15) is 0 Å². The number of nitrogens with one attached hydrogen (secondary N) is 2. The van der Waals surface area contributed by atoms with Gasteiger partial charge in [-0.25, -0.2) is 0 Å². The van der Waals surface area contributed by atoms with Crippen LogP contribution in [0, 0.1) is 17.3 Å². The molecule has 0 aromatic carbocycles. The number of carbonyl (C=O) groups is 2. The maximum absolute atomic E-state index is 14.1. The third-order valence-corrected chi connectivity index (χ3v) is 16.7. The summed E-state index contributed by atoms with van der Waals surface area (Å²) >= 11 is 0. The van der Waals surface area contributed by atoms with E-state index in [1.54, 1.807) is 0 Å². The first-order valence-corrected chi connectivity index (χ1v) is 21.2. The van der Waals surface area contributed by atoms with Gasteiger partial charge in [-0.1, -0.05) is 155 Å². The van der Waals surface area contributed by atoms with E-state index in [1.807, 2.05) is 0 Å². The van der Waals surface area contributed by atoms with Crippen molar-refractivity contribution in [2.45, 2.75) is 175 Å². The van der Waals surface area contributed by atoms with Crippen molar-refractivity contribution < 1.29 is 9.59 Å². The Hall–Kier alpha value is -1.88. The minimum atomic E-state index is -1.75. The molecule has 2 N–H and O–H groups in total. The number of rotatable bonds is 23. The van der Waals surface area contributed by atoms with Crippen LogP contribution >= 0.6 is 0 Å². The molecule has 0 radical (unpaired) electrons. The van der Waals surface area contributed by atoms with Crippen LogP contribution in [0.1, 0.15) is 152 Å². The molecule has 2 aliphatic carbocycles. The van der Waals surface area contributed by atoms with E-state index in [0.29, 0.717) is 12.3 Å². The van der Waals surface area contributed by atoms with Gasteiger partial charge in [0, 0.05) is 22.6 Å². The average molecular weight is 639 g/mol. The summed E-state index contributed by atoms with van der Waals surface area (Å²) in [6.07, 6.45) is 27.7. The van der Waals surface area contributed by atoms with E-state index in [-0.39, 0.29) is 22.3 Å². The lowest BCUT2D eigenvalue weighted by atomic mass is 9.55. The summed E-state index contributed by atoms with van der Waals surface area (Å²) in [4.78, 5) is 27.0. The predicted octanol–water partition coefficient (Wildman–Crippen LogP) is 10.7. The summed E-state index contributed by atoms with van der Waals surface area (Å²) in [6.45, 7) is 20.8. The second-order valence-corrected chi connectivity index (χ2v) is 17.8. The van der Waals surface area contributed by atoms with Gasteiger partial charge in [0.1, 0.15) is 0 Å². The van der Waals surface area contributed by atoms with Crippen LogP contribution in [0.25, 0.3) is 0 Å². The quantitative estimate of drug-likeness (QED) is 0.0506. The highest BCUT2D eigenvalue weighted by Gasteiger charge is 2.66. The maximum atomic E-state index is 14.1.